The Bertz CT molecular complexity index is 933. The van der Waals surface area contributed by atoms with Gasteiger partial charge < -0.3 is 4.79 Å². The first-order valence-electron chi connectivity index (χ1n) is 6.99. The van der Waals surface area contributed by atoms with Gasteiger partial charge in [0.15, 0.2) is 9.84 Å². The molecular weight excluding hydrogens is 369 g/mol. The Labute approximate surface area is 149 Å². The maximum atomic E-state index is 12.9. The van der Waals surface area contributed by atoms with Crippen LogP contribution in [0.2, 0.25) is 10.0 Å². The molecule has 0 spiro atoms. The van der Waals surface area contributed by atoms with Crippen LogP contribution < -0.4 is 0 Å². The molecule has 24 heavy (non-hydrogen) atoms. The first kappa shape index (κ1) is 17.0. The van der Waals surface area contributed by atoms with Crippen molar-refractivity contribution in [1.82, 2.24) is 0 Å². The van der Waals surface area contributed by atoms with E-state index in [1.54, 1.807) is 24.3 Å². The number of aldehydes is 1. The number of carbonyl (C=O) groups excluding carboxylic acids is 1. The predicted octanol–water partition coefficient (Wildman–Crippen LogP) is 3.64. The smallest absolute Gasteiger partial charge is 0.183 e. The average molecular weight is 380 g/mol. The lowest BCUT2D eigenvalue weighted by Crippen LogP contribution is -2.16. The number of halogens is 2. The maximum Gasteiger partial charge on any atom is 0.183 e. The number of rotatable bonds is 4. The SMILES string of the molecule is N#C[C@]1(C=O)[C@H](c2ccc(Cl)cc2)[C@H]1S(=O)(=O)c1ccc(Cl)cc1. The summed E-state index contributed by atoms with van der Waals surface area (Å²) in [7, 11) is -3.87. The first-order chi connectivity index (χ1) is 11.4. The first-order valence-corrected chi connectivity index (χ1v) is 9.29. The zero-order chi connectivity index (χ0) is 17.5. The molecule has 3 atom stereocenters. The molecule has 1 saturated carbocycles. The summed E-state index contributed by atoms with van der Waals surface area (Å²) in [6.45, 7) is 0. The number of sulfone groups is 1. The van der Waals surface area contributed by atoms with E-state index < -0.39 is 26.4 Å². The fourth-order valence-electron chi connectivity index (χ4n) is 3.00. The lowest BCUT2D eigenvalue weighted by atomic mass is 10.0. The Balaban J connectivity index is 2.08. The number of hydrogen-bond acceptors (Lipinski definition) is 4. The summed E-state index contributed by atoms with van der Waals surface area (Å²) in [4.78, 5) is 11.6. The van der Waals surface area contributed by atoms with Crippen molar-refractivity contribution in [2.45, 2.75) is 16.1 Å². The fraction of sp³-hybridized carbons (Fsp3) is 0.176. The van der Waals surface area contributed by atoms with Crippen molar-refractivity contribution in [1.29, 1.82) is 5.26 Å². The van der Waals surface area contributed by atoms with Crippen LogP contribution in [0.3, 0.4) is 0 Å². The molecule has 1 aliphatic carbocycles. The van der Waals surface area contributed by atoms with Gasteiger partial charge in [0.1, 0.15) is 17.0 Å². The summed E-state index contributed by atoms with van der Waals surface area (Å²) in [6.07, 6.45) is 0.435. The van der Waals surface area contributed by atoms with Gasteiger partial charge in [-0.15, -0.1) is 0 Å². The molecule has 0 radical (unpaired) electrons. The Morgan fingerprint density at radius 3 is 1.96 bits per heavy atom. The van der Waals surface area contributed by atoms with Gasteiger partial charge >= 0.3 is 0 Å². The second-order valence-corrected chi connectivity index (χ2v) is 8.55. The highest BCUT2D eigenvalue weighted by Crippen LogP contribution is 2.62. The summed E-state index contributed by atoms with van der Waals surface area (Å²) in [5.74, 6) is -0.724. The highest BCUT2D eigenvalue weighted by atomic mass is 35.5. The second-order valence-electron chi connectivity index (χ2n) is 5.61. The topological polar surface area (TPSA) is 75.0 Å². The van der Waals surface area contributed by atoms with Crippen LogP contribution in [-0.2, 0) is 14.6 Å². The zero-order valence-corrected chi connectivity index (χ0v) is 14.5. The van der Waals surface area contributed by atoms with E-state index >= 15 is 0 Å². The summed E-state index contributed by atoms with van der Waals surface area (Å²) in [5, 5.41) is 9.24. The summed E-state index contributed by atoms with van der Waals surface area (Å²) in [6, 6.07) is 14.1. The van der Waals surface area contributed by atoms with Crippen LogP contribution >= 0.6 is 23.2 Å². The van der Waals surface area contributed by atoms with E-state index in [1.807, 2.05) is 6.07 Å². The Hall–Kier alpha value is -1.87. The van der Waals surface area contributed by atoms with Gasteiger partial charge in [-0.25, -0.2) is 8.42 Å². The van der Waals surface area contributed by atoms with E-state index in [1.165, 1.54) is 24.3 Å². The van der Waals surface area contributed by atoms with Gasteiger partial charge in [-0.05, 0) is 42.0 Å². The molecule has 0 heterocycles. The van der Waals surface area contributed by atoms with Gasteiger partial charge in [-0.3, -0.25) is 0 Å². The van der Waals surface area contributed by atoms with Gasteiger partial charge in [0.25, 0.3) is 0 Å². The molecule has 7 heteroatoms. The maximum absolute atomic E-state index is 12.9. The number of carbonyl (C=O) groups is 1. The van der Waals surface area contributed by atoms with Crippen LogP contribution in [-0.4, -0.2) is 20.0 Å². The van der Waals surface area contributed by atoms with E-state index in [-0.39, 0.29) is 4.90 Å². The number of nitrogens with zero attached hydrogens (tertiary/aromatic N) is 1. The Morgan fingerprint density at radius 2 is 1.50 bits per heavy atom. The molecule has 0 saturated heterocycles. The van der Waals surface area contributed by atoms with Gasteiger partial charge in [0.05, 0.1) is 11.0 Å². The lowest BCUT2D eigenvalue weighted by molar-refractivity contribution is -0.110. The molecule has 0 amide bonds. The van der Waals surface area contributed by atoms with Gasteiger partial charge in [0.2, 0.25) is 0 Å². The fourth-order valence-corrected chi connectivity index (χ4v) is 5.49. The lowest BCUT2D eigenvalue weighted by Gasteiger charge is -2.04. The van der Waals surface area contributed by atoms with Crippen molar-refractivity contribution >= 4 is 39.3 Å². The largest absolute Gasteiger partial charge is 0.302 e. The van der Waals surface area contributed by atoms with Crippen LogP contribution in [0.15, 0.2) is 53.4 Å². The summed E-state index contributed by atoms with van der Waals surface area (Å²) >= 11 is 11.6. The van der Waals surface area contributed by atoms with Crippen LogP contribution in [0, 0.1) is 16.7 Å². The second kappa shape index (κ2) is 5.89. The van der Waals surface area contributed by atoms with Crippen molar-refractivity contribution in [3.05, 3.63) is 64.1 Å². The molecule has 1 fully saturated rings. The molecule has 0 bridgehead atoms. The summed E-state index contributed by atoms with van der Waals surface area (Å²) < 4.78 is 25.8. The molecule has 0 aromatic heterocycles. The van der Waals surface area contributed by atoms with E-state index in [0.29, 0.717) is 21.9 Å². The Morgan fingerprint density at radius 1 is 1.00 bits per heavy atom. The molecule has 3 rings (SSSR count). The average Bonchev–Trinajstić information content (AvgIpc) is 3.26. The van der Waals surface area contributed by atoms with Crippen LogP contribution in [0.4, 0.5) is 0 Å². The monoisotopic (exact) mass is 379 g/mol. The number of benzene rings is 2. The van der Waals surface area contributed by atoms with E-state index in [4.69, 9.17) is 23.2 Å². The van der Waals surface area contributed by atoms with E-state index in [9.17, 15) is 18.5 Å². The molecule has 2 aromatic rings. The number of nitriles is 1. The molecule has 1 aliphatic rings. The molecule has 0 aliphatic heterocycles. The highest BCUT2D eigenvalue weighted by Gasteiger charge is 2.72. The minimum absolute atomic E-state index is 0.0369. The molecule has 4 nitrogen and oxygen atoms in total. The van der Waals surface area contributed by atoms with E-state index in [2.05, 4.69) is 0 Å². The van der Waals surface area contributed by atoms with Crippen molar-refractivity contribution < 1.29 is 13.2 Å². The van der Waals surface area contributed by atoms with Crippen molar-refractivity contribution in [2.24, 2.45) is 5.41 Å². The van der Waals surface area contributed by atoms with Crippen molar-refractivity contribution in [2.75, 3.05) is 0 Å². The van der Waals surface area contributed by atoms with Crippen LogP contribution in [0.5, 0.6) is 0 Å². The van der Waals surface area contributed by atoms with Crippen LogP contribution in [0.25, 0.3) is 0 Å². The molecule has 122 valence electrons. The highest BCUT2D eigenvalue weighted by molar-refractivity contribution is 7.92. The van der Waals surface area contributed by atoms with Gasteiger partial charge in [-0.2, -0.15) is 5.26 Å². The third kappa shape index (κ3) is 2.51. The third-order valence-corrected chi connectivity index (χ3v) is 7.04. The molecule has 0 N–H and O–H groups in total. The van der Waals surface area contributed by atoms with Crippen molar-refractivity contribution in [3.63, 3.8) is 0 Å². The van der Waals surface area contributed by atoms with Crippen molar-refractivity contribution in [3.8, 4) is 6.07 Å². The predicted molar refractivity (Wildman–Crippen MR) is 90.7 cm³/mol. The quantitative estimate of drug-likeness (QED) is 0.759. The Kier molecular flexibility index (Phi) is 4.16. The van der Waals surface area contributed by atoms with Gasteiger partial charge in [0, 0.05) is 16.0 Å². The zero-order valence-electron chi connectivity index (χ0n) is 12.2. The molecular formula is C17H11Cl2NO3S. The third-order valence-electron chi connectivity index (χ3n) is 4.27. The summed E-state index contributed by atoms with van der Waals surface area (Å²) in [5.41, 5.74) is -0.998. The molecule has 0 unspecified atom stereocenters. The standard InChI is InChI=1S/C17H11Cl2NO3S/c18-12-3-1-11(2-4-12)15-16(17(15,9-20)10-21)24(22,23)14-7-5-13(19)6-8-14/h1-8,10,15-16H/t15-,16-,17+/m1/s1. The molecule has 2 aromatic carbocycles. The minimum Gasteiger partial charge on any atom is -0.302 e. The normalized spacial score (nSPS) is 25.7. The van der Waals surface area contributed by atoms with E-state index in [0.717, 1.165) is 0 Å². The van der Waals surface area contributed by atoms with Crippen LogP contribution in [0.1, 0.15) is 11.5 Å². The minimum atomic E-state index is -3.87. The number of hydrogen-bond donors (Lipinski definition) is 0. The van der Waals surface area contributed by atoms with Gasteiger partial charge in [-0.1, -0.05) is 35.3 Å².